The van der Waals surface area contributed by atoms with E-state index in [9.17, 15) is 0 Å². The van der Waals surface area contributed by atoms with E-state index in [1.807, 2.05) is 0 Å². The first kappa shape index (κ1) is 8.97. The van der Waals surface area contributed by atoms with Crippen LogP contribution in [0, 0.1) is 17.8 Å². The van der Waals surface area contributed by atoms with Gasteiger partial charge < -0.3 is 14.2 Å². The predicted octanol–water partition coefficient (Wildman–Crippen LogP) is 0.727. The van der Waals surface area contributed by atoms with Crippen LogP contribution in [0.4, 0.5) is 0 Å². The van der Waals surface area contributed by atoms with E-state index in [-0.39, 0.29) is 0 Å². The molecular weight excluding hydrogens is 192 g/mol. The van der Waals surface area contributed by atoms with Gasteiger partial charge in [0.05, 0.1) is 25.4 Å². The van der Waals surface area contributed by atoms with Crippen molar-refractivity contribution in [1.82, 2.24) is 0 Å². The highest BCUT2D eigenvalue weighted by Crippen LogP contribution is 2.47. The van der Waals surface area contributed by atoms with Crippen LogP contribution in [0.25, 0.3) is 0 Å². The smallest absolute Gasteiger partial charge is 0.227 e. The molecule has 0 spiro atoms. The highest BCUT2D eigenvalue weighted by molar-refractivity contribution is 4.97. The Morgan fingerprint density at radius 3 is 2.27 bits per heavy atom. The van der Waals surface area contributed by atoms with Gasteiger partial charge in [0.1, 0.15) is 0 Å². The second-order valence-corrected chi connectivity index (χ2v) is 5.58. The Balaban J connectivity index is 1.47. The summed E-state index contributed by atoms with van der Waals surface area (Å²) in [5.74, 6) is 2.46. The van der Waals surface area contributed by atoms with Gasteiger partial charge in [0, 0.05) is 5.92 Å². The maximum atomic E-state index is 5.52. The fourth-order valence-electron chi connectivity index (χ4n) is 3.47. The molecule has 0 radical (unpaired) electrons. The van der Waals surface area contributed by atoms with Gasteiger partial charge in [0.25, 0.3) is 0 Å². The van der Waals surface area contributed by atoms with Crippen molar-refractivity contribution < 1.29 is 14.2 Å². The number of rotatable bonds is 3. The summed E-state index contributed by atoms with van der Waals surface area (Å²) in [5, 5.41) is 0. The fourth-order valence-corrected chi connectivity index (χ4v) is 3.47. The molecule has 0 aromatic rings. The monoisotopic (exact) mass is 211 g/mol. The maximum absolute atomic E-state index is 5.52. The van der Waals surface area contributed by atoms with Crippen molar-refractivity contribution in [3.8, 4) is 0 Å². The lowest BCUT2D eigenvalue weighted by atomic mass is 9.70. The van der Waals surface area contributed by atoms with Crippen LogP contribution >= 0.6 is 0 Å². The van der Waals surface area contributed by atoms with Crippen LogP contribution in [0.15, 0.2) is 0 Å². The largest absolute Gasteiger partial charge is 0.420 e. The lowest BCUT2D eigenvalue weighted by Gasteiger charge is -2.32. The summed E-state index contributed by atoms with van der Waals surface area (Å²) in [7, 11) is 0. The fraction of sp³-hybridized carbons (Fsp3) is 1.00. The minimum absolute atomic E-state index is 0.576. The first-order chi connectivity index (χ1) is 7.42. The molecule has 3 saturated heterocycles. The van der Waals surface area contributed by atoms with Gasteiger partial charge >= 0.3 is 0 Å². The van der Waals surface area contributed by atoms with Gasteiger partial charge in [-0.25, -0.2) is 0 Å². The molecule has 84 valence electrons. The Morgan fingerprint density at radius 2 is 1.67 bits per heavy atom. The molecule has 0 bridgehead atoms. The standard InChI is InChI=1S/C12H18O3/c1-2-8(11-5-14-11)9(12-6-15-12)3-7(1)10-4-13-10/h7-12H,1-6H2/p+1. The number of ether oxygens (including phenoxy) is 3. The third-order valence-corrected chi connectivity index (χ3v) is 4.60. The first-order valence-corrected chi connectivity index (χ1v) is 6.31. The quantitative estimate of drug-likeness (QED) is 0.510. The molecule has 3 nitrogen and oxygen atoms in total. The molecule has 15 heavy (non-hydrogen) atoms. The van der Waals surface area contributed by atoms with Crippen LogP contribution in [0.1, 0.15) is 19.3 Å². The van der Waals surface area contributed by atoms with E-state index in [2.05, 4.69) is 4.74 Å². The van der Waals surface area contributed by atoms with Crippen LogP contribution in [0.3, 0.4) is 0 Å². The van der Waals surface area contributed by atoms with Gasteiger partial charge in [-0.1, -0.05) is 0 Å². The third-order valence-electron chi connectivity index (χ3n) is 4.60. The van der Waals surface area contributed by atoms with E-state index in [0.717, 1.165) is 37.6 Å². The first-order valence-electron chi connectivity index (χ1n) is 6.31. The number of epoxide rings is 3. The van der Waals surface area contributed by atoms with E-state index < -0.39 is 0 Å². The van der Waals surface area contributed by atoms with Crippen molar-refractivity contribution in [2.75, 3.05) is 19.8 Å². The summed E-state index contributed by atoms with van der Waals surface area (Å²) < 4.78 is 15.5. The van der Waals surface area contributed by atoms with Crippen molar-refractivity contribution in [1.29, 1.82) is 0 Å². The molecule has 0 aromatic carbocycles. The average molecular weight is 211 g/mol. The molecule has 4 fully saturated rings. The zero-order valence-electron chi connectivity index (χ0n) is 8.97. The Morgan fingerprint density at radius 1 is 0.933 bits per heavy atom. The minimum Gasteiger partial charge on any atom is -0.420 e. The average Bonchev–Trinajstić information content (AvgIpc) is 3.19. The van der Waals surface area contributed by atoms with Gasteiger partial charge in [-0.2, -0.15) is 0 Å². The lowest BCUT2D eigenvalue weighted by molar-refractivity contribution is 0.0688. The molecule has 3 aliphatic heterocycles. The molecule has 0 amide bonds. The van der Waals surface area contributed by atoms with Crippen LogP contribution in [0.5, 0.6) is 0 Å². The second kappa shape index (κ2) is 3.19. The van der Waals surface area contributed by atoms with Crippen LogP contribution in [-0.4, -0.2) is 42.9 Å². The Kier molecular flexibility index (Phi) is 1.91. The van der Waals surface area contributed by atoms with Gasteiger partial charge in [-0.3, -0.25) is 0 Å². The highest BCUT2D eigenvalue weighted by atomic mass is 16.6. The minimum atomic E-state index is 0.576. The summed E-state index contributed by atoms with van der Waals surface area (Å²) in [6.07, 6.45) is 5.94. The van der Waals surface area contributed by atoms with Crippen molar-refractivity contribution in [2.45, 2.75) is 37.6 Å². The van der Waals surface area contributed by atoms with Crippen LogP contribution in [-0.2, 0) is 9.47 Å². The van der Waals surface area contributed by atoms with Crippen LogP contribution < -0.4 is 0 Å². The predicted molar refractivity (Wildman–Crippen MR) is 54.7 cm³/mol. The van der Waals surface area contributed by atoms with E-state index in [1.165, 1.54) is 19.3 Å². The molecule has 1 saturated carbocycles. The van der Waals surface area contributed by atoms with Gasteiger partial charge in [-0.15, -0.1) is 0 Å². The molecule has 6 atom stereocenters. The van der Waals surface area contributed by atoms with Crippen molar-refractivity contribution in [3.05, 3.63) is 0 Å². The van der Waals surface area contributed by atoms with Crippen molar-refractivity contribution >= 4 is 0 Å². The summed E-state index contributed by atoms with van der Waals surface area (Å²) in [6, 6.07) is 0. The zero-order valence-corrected chi connectivity index (χ0v) is 8.97. The SMILES string of the molecule is C1CC(C2C[OH+]2)C(C2CO2)CC1C1CO1. The summed E-state index contributed by atoms with van der Waals surface area (Å²) in [4.78, 5) is 0. The molecule has 0 aromatic heterocycles. The number of hydrogen-bond donors (Lipinski definition) is 0. The summed E-state index contributed by atoms with van der Waals surface area (Å²) in [5.41, 5.74) is 0. The number of aliphatic hydroxyl groups is 2. The Labute approximate surface area is 90.1 Å². The van der Waals surface area contributed by atoms with Gasteiger partial charge in [0.2, 0.25) is 12.7 Å². The van der Waals surface area contributed by atoms with Crippen molar-refractivity contribution in [2.24, 2.45) is 17.8 Å². The molecule has 1 N–H and O–H groups in total. The Bertz CT molecular complexity index is 256. The third kappa shape index (κ3) is 1.71. The molecule has 3 heteroatoms. The Hall–Kier alpha value is -0.120. The molecule has 4 rings (SSSR count). The van der Waals surface area contributed by atoms with Gasteiger partial charge in [-0.05, 0) is 31.1 Å². The molecular formula is C12H19O3+. The van der Waals surface area contributed by atoms with E-state index in [4.69, 9.17) is 9.47 Å². The highest BCUT2D eigenvalue weighted by Gasteiger charge is 2.53. The molecule has 6 unspecified atom stereocenters. The maximum Gasteiger partial charge on any atom is 0.227 e. The molecule has 1 aliphatic carbocycles. The summed E-state index contributed by atoms with van der Waals surface area (Å²) >= 11 is 0. The summed E-state index contributed by atoms with van der Waals surface area (Å²) in [6.45, 7) is 3.14. The van der Waals surface area contributed by atoms with Crippen molar-refractivity contribution in [3.63, 3.8) is 0 Å². The van der Waals surface area contributed by atoms with E-state index in [0.29, 0.717) is 18.3 Å². The molecule has 3 heterocycles. The van der Waals surface area contributed by atoms with E-state index >= 15 is 0 Å². The van der Waals surface area contributed by atoms with Crippen LogP contribution in [0.2, 0.25) is 0 Å². The second-order valence-electron chi connectivity index (χ2n) is 5.58. The molecule has 4 aliphatic rings. The zero-order chi connectivity index (χ0) is 9.83. The topological polar surface area (TPSA) is 37.9 Å². The van der Waals surface area contributed by atoms with Gasteiger partial charge in [0.15, 0.2) is 0 Å². The normalized spacial score (nSPS) is 57.6. The van der Waals surface area contributed by atoms with E-state index in [1.54, 1.807) is 0 Å². The number of hydrogen-bond acceptors (Lipinski definition) is 2. The lowest BCUT2D eigenvalue weighted by Crippen LogP contribution is -2.34.